The van der Waals surface area contributed by atoms with Crippen molar-refractivity contribution in [3.05, 3.63) is 42.1 Å². The van der Waals surface area contributed by atoms with Crippen LogP contribution in [0.5, 0.6) is 5.75 Å². The molecule has 2 unspecified atom stereocenters. The van der Waals surface area contributed by atoms with Gasteiger partial charge < -0.3 is 29.2 Å². The molecule has 9 nitrogen and oxygen atoms in total. The lowest BCUT2D eigenvalue weighted by Crippen LogP contribution is -2.40. The summed E-state index contributed by atoms with van der Waals surface area (Å²) in [5.74, 6) is 1.57. The summed E-state index contributed by atoms with van der Waals surface area (Å²) >= 11 is 0. The summed E-state index contributed by atoms with van der Waals surface area (Å²) in [6.45, 7) is 5.92. The summed E-state index contributed by atoms with van der Waals surface area (Å²) in [5.41, 5.74) is 10.2. The van der Waals surface area contributed by atoms with Gasteiger partial charge in [-0.25, -0.2) is 9.97 Å². The number of likely N-dealkylation sites (tertiary alicyclic amines) is 1. The molecule has 0 bridgehead atoms. The number of ether oxygens (including phenoxy) is 2. The first-order valence-corrected chi connectivity index (χ1v) is 11.9. The van der Waals surface area contributed by atoms with Crippen molar-refractivity contribution in [2.45, 2.75) is 32.5 Å². The summed E-state index contributed by atoms with van der Waals surface area (Å²) in [7, 11) is 5.27. The predicted molar refractivity (Wildman–Crippen MR) is 136 cm³/mol. The first-order valence-electron chi connectivity index (χ1n) is 11.9. The van der Waals surface area contributed by atoms with Crippen molar-refractivity contribution in [2.75, 3.05) is 27.4 Å². The molecule has 3 atom stereocenters. The van der Waals surface area contributed by atoms with Gasteiger partial charge in [0.25, 0.3) is 5.91 Å². The van der Waals surface area contributed by atoms with E-state index < -0.39 is 0 Å². The molecule has 5 rings (SSSR count). The Morgan fingerprint density at radius 3 is 2.71 bits per heavy atom. The van der Waals surface area contributed by atoms with E-state index in [2.05, 4.69) is 22.5 Å². The first kappa shape index (κ1) is 23.3. The predicted octanol–water partition coefficient (Wildman–Crippen LogP) is 3.05. The van der Waals surface area contributed by atoms with Crippen LogP contribution in [-0.2, 0) is 18.3 Å². The van der Waals surface area contributed by atoms with E-state index in [0.717, 1.165) is 28.1 Å². The second-order valence-electron chi connectivity index (χ2n) is 9.38. The van der Waals surface area contributed by atoms with Gasteiger partial charge in [0.1, 0.15) is 16.9 Å². The van der Waals surface area contributed by atoms with Crippen molar-refractivity contribution in [1.29, 1.82) is 0 Å². The summed E-state index contributed by atoms with van der Waals surface area (Å²) in [4.78, 5) is 24.9. The van der Waals surface area contributed by atoms with Crippen molar-refractivity contribution in [3.8, 4) is 17.3 Å². The van der Waals surface area contributed by atoms with Crippen molar-refractivity contribution in [1.82, 2.24) is 24.0 Å². The summed E-state index contributed by atoms with van der Waals surface area (Å²) < 4.78 is 15.2. The standard InChI is InChI=1S/C26H32N6O3/c1-15-14-32(16(2)22(15)27)26(33)18-11-19-23(21(13-18)35-5)30(3)25(29-19)20-12-17-7-6-8-28-24(17)31(20)9-10-34-4/h6-8,11-13,15-16,22H,9-10,14,27H2,1-5H3/t15-,16?,22?/m1/s1. The number of hydrogen-bond acceptors (Lipinski definition) is 6. The Morgan fingerprint density at radius 2 is 2.03 bits per heavy atom. The molecule has 2 N–H and O–H groups in total. The van der Waals surface area contributed by atoms with Crippen molar-refractivity contribution in [2.24, 2.45) is 18.7 Å². The molecule has 0 aliphatic carbocycles. The lowest BCUT2D eigenvalue weighted by molar-refractivity contribution is 0.0739. The van der Waals surface area contributed by atoms with Gasteiger partial charge in [0, 0.05) is 56.5 Å². The topological polar surface area (TPSA) is 100 Å². The minimum Gasteiger partial charge on any atom is -0.494 e. The average molecular weight is 477 g/mol. The minimum atomic E-state index is -0.0527. The zero-order valence-corrected chi connectivity index (χ0v) is 20.9. The Balaban J connectivity index is 1.64. The molecule has 0 radical (unpaired) electrons. The van der Waals surface area contributed by atoms with E-state index >= 15 is 0 Å². The van der Waals surface area contributed by atoms with Crippen LogP contribution in [0.3, 0.4) is 0 Å². The van der Waals surface area contributed by atoms with E-state index in [0.29, 0.717) is 36.5 Å². The molecule has 9 heteroatoms. The van der Waals surface area contributed by atoms with E-state index in [1.165, 1.54) is 0 Å². The van der Waals surface area contributed by atoms with Gasteiger partial charge in [0.2, 0.25) is 0 Å². The van der Waals surface area contributed by atoms with Crippen LogP contribution >= 0.6 is 0 Å². The van der Waals surface area contributed by atoms with Crippen LogP contribution in [-0.4, -0.2) is 69.4 Å². The van der Waals surface area contributed by atoms with E-state index in [1.54, 1.807) is 26.5 Å². The number of imidazole rings is 1. The fourth-order valence-corrected chi connectivity index (χ4v) is 5.21. The van der Waals surface area contributed by atoms with Gasteiger partial charge in [-0.15, -0.1) is 0 Å². The van der Waals surface area contributed by atoms with Gasteiger partial charge >= 0.3 is 0 Å². The Morgan fingerprint density at radius 1 is 1.23 bits per heavy atom. The van der Waals surface area contributed by atoms with E-state index in [4.69, 9.17) is 20.2 Å². The third kappa shape index (κ3) is 3.75. The number of methoxy groups -OCH3 is 2. The monoisotopic (exact) mass is 476 g/mol. The van der Waals surface area contributed by atoms with Crippen LogP contribution in [0.4, 0.5) is 0 Å². The van der Waals surface area contributed by atoms with Crippen LogP contribution in [0.15, 0.2) is 36.5 Å². The largest absolute Gasteiger partial charge is 0.494 e. The maximum atomic E-state index is 13.5. The molecule has 35 heavy (non-hydrogen) atoms. The van der Waals surface area contributed by atoms with Gasteiger partial charge in [-0.05, 0) is 43.2 Å². The number of aromatic nitrogens is 4. The molecule has 0 spiro atoms. The third-order valence-corrected chi connectivity index (χ3v) is 7.26. The molecule has 3 aromatic heterocycles. The van der Waals surface area contributed by atoms with Crippen LogP contribution in [0, 0.1) is 5.92 Å². The molecular weight excluding hydrogens is 444 g/mol. The van der Waals surface area contributed by atoms with Gasteiger partial charge in [-0.2, -0.15) is 0 Å². The van der Waals surface area contributed by atoms with Crippen LogP contribution < -0.4 is 10.5 Å². The normalized spacial score (nSPS) is 20.3. The maximum Gasteiger partial charge on any atom is 0.254 e. The van der Waals surface area contributed by atoms with Crippen molar-refractivity contribution < 1.29 is 14.3 Å². The number of rotatable bonds is 6. The summed E-state index contributed by atoms with van der Waals surface area (Å²) in [6.07, 6.45) is 1.79. The molecule has 1 saturated heterocycles. The number of benzene rings is 1. The van der Waals surface area contributed by atoms with Gasteiger partial charge in [-0.1, -0.05) is 6.92 Å². The number of aryl methyl sites for hydroxylation is 1. The van der Waals surface area contributed by atoms with E-state index in [1.807, 2.05) is 41.6 Å². The van der Waals surface area contributed by atoms with Crippen LogP contribution in [0.25, 0.3) is 33.6 Å². The highest BCUT2D eigenvalue weighted by Gasteiger charge is 2.37. The molecule has 0 saturated carbocycles. The lowest BCUT2D eigenvalue weighted by Gasteiger charge is -2.23. The zero-order chi connectivity index (χ0) is 24.9. The van der Waals surface area contributed by atoms with E-state index in [-0.39, 0.29) is 23.9 Å². The molecule has 4 heterocycles. The molecule has 1 aliphatic heterocycles. The van der Waals surface area contributed by atoms with E-state index in [9.17, 15) is 4.79 Å². The lowest BCUT2D eigenvalue weighted by atomic mass is 10.0. The molecular formula is C26H32N6O3. The molecule has 1 aromatic carbocycles. The van der Waals surface area contributed by atoms with Crippen LogP contribution in [0.1, 0.15) is 24.2 Å². The highest BCUT2D eigenvalue weighted by atomic mass is 16.5. The Kier molecular flexibility index (Phi) is 5.98. The molecule has 1 amide bonds. The number of fused-ring (bicyclic) bond motifs is 2. The SMILES string of the molecule is COCCn1c(-c2nc3cc(C(=O)N4C[C@@H](C)C(N)C4C)cc(OC)c3n2C)cc2cccnc21. The number of nitrogens with two attached hydrogens (primary N) is 1. The Labute approximate surface area is 204 Å². The highest BCUT2D eigenvalue weighted by Crippen LogP contribution is 2.34. The number of carbonyl (C=O) groups is 1. The summed E-state index contributed by atoms with van der Waals surface area (Å²) in [6, 6.07) is 9.65. The average Bonchev–Trinajstić information content (AvgIpc) is 3.48. The van der Waals surface area contributed by atoms with Gasteiger partial charge in [0.15, 0.2) is 5.82 Å². The number of amides is 1. The number of nitrogens with zero attached hydrogens (tertiary/aromatic N) is 5. The number of hydrogen-bond donors (Lipinski definition) is 1. The van der Waals surface area contributed by atoms with Crippen molar-refractivity contribution in [3.63, 3.8) is 0 Å². The zero-order valence-electron chi connectivity index (χ0n) is 20.9. The fraction of sp³-hybridized carbons (Fsp3) is 0.423. The Hall–Kier alpha value is -3.43. The first-order chi connectivity index (χ1) is 16.8. The minimum absolute atomic E-state index is 0.0255. The van der Waals surface area contributed by atoms with Crippen molar-refractivity contribution >= 4 is 28.0 Å². The van der Waals surface area contributed by atoms with Crippen LogP contribution in [0.2, 0.25) is 0 Å². The Bertz CT molecular complexity index is 1410. The van der Waals surface area contributed by atoms with Gasteiger partial charge in [0.05, 0.1) is 24.9 Å². The number of carbonyl (C=O) groups excluding carboxylic acids is 1. The molecule has 1 fully saturated rings. The second-order valence-corrected chi connectivity index (χ2v) is 9.38. The molecule has 184 valence electrons. The second kappa shape index (κ2) is 8.98. The maximum absolute atomic E-state index is 13.5. The van der Waals surface area contributed by atoms with Gasteiger partial charge in [-0.3, -0.25) is 4.79 Å². The molecule has 1 aliphatic rings. The number of pyridine rings is 1. The highest BCUT2D eigenvalue weighted by molar-refractivity contribution is 6.00. The smallest absolute Gasteiger partial charge is 0.254 e. The fourth-order valence-electron chi connectivity index (χ4n) is 5.21. The molecule has 4 aromatic rings. The summed E-state index contributed by atoms with van der Waals surface area (Å²) in [5, 5.41) is 1.03. The quantitative estimate of drug-likeness (QED) is 0.459. The third-order valence-electron chi connectivity index (χ3n) is 7.26.